The van der Waals surface area contributed by atoms with Gasteiger partial charge >= 0.3 is 0 Å². The summed E-state index contributed by atoms with van der Waals surface area (Å²) in [5.74, 6) is 0. The molecule has 1 rings (SSSR count). The van der Waals surface area contributed by atoms with Crippen LogP contribution in [0.2, 0.25) is 0 Å². The molecule has 0 bridgehead atoms. The van der Waals surface area contributed by atoms with E-state index in [2.05, 4.69) is 12.2 Å². The molecule has 2 heteroatoms. The zero-order valence-electron chi connectivity index (χ0n) is 9.58. The molecule has 0 aliphatic heterocycles. The average Bonchev–Trinajstić information content (AvgIpc) is 2.00. The van der Waals surface area contributed by atoms with Gasteiger partial charge in [0.05, 0.1) is 11.7 Å². The second-order valence-electron chi connectivity index (χ2n) is 4.89. The van der Waals surface area contributed by atoms with Crippen molar-refractivity contribution < 1.29 is 9.78 Å². The molecule has 0 aromatic carbocycles. The molecule has 1 aliphatic carbocycles. The van der Waals surface area contributed by atoms with Gasteiger partial charge < -0.3 is 0 Å². The Labute approximate surface area is 87.2 Å². The fourth-order valence-electron chi connectivity index (χ4n) is 1.43. The minimum Gasteiger partial charge on any atom is -0.233 e. The molecule has 0 aromatic heterocycles. The van der Waals surface area contributed by atoms with Crippen molar-refractivity contribution >= 4 is 0 Å². The Morgan fingerprint density at radius 1 is 1.07 bits per heavy atom. The maximum absolute atomic E-state index is 5.45. The second kappa shape index (κ2) is 5.52. The van der Waals surface area contributed by atoms with Gasteiger partial charge in [-0.2, -0.15) is 0 Å². The van der Waals surface area contributed by atoms with Crippen molar-refractivity contribution in [3.8, 4) is 0 Å². The molecule has 0 aromatic rings. The number of allylic oxidation sites excluding steroid dienone is 2. The van der Waals surface area contributed by atoms with Gasteiger partial charge in [0.25, 0.3) is 0 Å². The fourth-order valence-corrected chi connectivity index (χ4v) is 1.43. The van der Waals surface area contributed by atoms with E-state index in [-0.39, 0.29) is 11.7 Å². The van der Waals surface area contributed by atoms with E-state index in [1.54, 1.807) is 0 Å². The molecule has 0 heterocycles. The molecule has 0 fully saturated rings. The highest BCUT2D eigenvalue weighted by atomic mass is 17.2. The van der Waals surface area contributed by atoms with E-state index >= 15 is 0 Å². The van der Waals surface area contributed by atoms with Crippen LogP contribution in [0.5, 0.6) is 0 Å². The average molecular weight is 198 g/mol. The zero-order valence-corrected chi connectivity index (χ0v) is 9.58. The Morgan fingerprint density at radius 3 is 2.50 bits per heavy atom. The molecule has 14 heavy (non-hydrogen) atoms. The minimum atomic E-state index is -0.196. The van der Waals surface area contributed by atoms with Gasteiger partial charge in [-0.15, -0.1) is 0 Å². The van der Waals surface area contributed by atoms with Crippen LogP contribution in [0.3, 0.4) is 0 Å². The highest BCUT2D eigenvalue weighted by molar-refractivity contribution is 4.85. The van der Waals surface area contributed by atoms with Gasteiger partial charge in [0, 0.05) is 0 Å². The second-order valence-corrected chi connectivity index (χ2v) is 4.89. The third kappa shape index (κ3) is 5.40. The normalized spacial score (nSPS) is 26.6. The predicted molar refractivity (Wildman–Crippen MR) is 57.9 cm³/mol. The van der Waals surface area contributed by atoms with Crippen molar-refractivity contribution in [2.45, 2.75) is 64.6 Å². The van der Waals surface area contributed by atoms with E-state index in [1.807, 2.05) is 20.8 Å². The Kier molecular flexibility index (Phi) is 4.63. The van der Waals surface area contributed by atoms with Gasteiger partial charge in [-0.1, -0.05) is 12.2 Å². The molecule has 1 aliphatic rings. The minimum absolute atomic E-state index is 0.196. The largest absolute Gasteiger partial charge is 0.233 e. The molecule has 0 amide bonds. The lowest BCUT2D eigenvalue weighted by Crippen LogP contribution is -2.24. The summed E-state index contributed by atoms with van der Waals surface area (Å²) in [6, 6.07) is 0. The van der Waals surface area contributed by atoms with Crippen LogP contribution in [-0.4, -0.2) is 11.7 Å². The van der Waals surface area contributed by atoms with Crippen LogP contribution in [0.15, 0.2) is 12.2 Å². The Morgan fingerprint density at radius 2 is 1.79 bits per heavy atom. The van der Waals surface area contributed by atoms with Crippen molar-refractivity contribution in [3.63, 3.8) is 0 Å². The van der Waals surface area contributed by atoms with Crippen LogP contribution in [0.4, 0.5) is 0 Å². The lowest BCUT2D eigenvalue weighted by atomic mass is 10.0. The smallest absolute Gasteiger partial charge is 0.0952 e. The summed E-state index contributed by atoms with van der Waals surface area (Å²) in [6.45, 7) is 6.03. The Hall–Kier alpha value is -0.340. The standard InChI is InChI=1S/C12H22O2/c1-12(2,3)14-13-11-9-7-5-4-6-8-10-11/h4-5,11H,6-10H2,1-3H3/b5-4+. The maximum atomic E-state index is 5.45. The molecule has 0 radical (unpaired) electrons. The predicted octanol–water partition coefficient (Wildman–Crippen LogP) is 3.62. The molecule has 0 N–H and O–H groups in total. The van der Waals surface area contributed by atoms with Gasteiger partial charge in [-0.05, 0) is 52.9 Å². The monoisotopic (exact) mass is 198 g/mol. The number of rotatable bonds is 2. The van der Waals surface area contributed by atoms with E-state index in [1.165, 1.54) is 12.8 Å². The Bertz CT molecular complexity index is 179. The summed E-state index contributed by atoms with van der Waals surface area (Å²) in [4.78, 5) is 10.8. The molecule has 0 saturated heterocycles. The third-order valence-electron chi connectivity index (χ3n) is 2.15. The van der Waals surface area contributed by atoms with Crippen LogP contribution < -0.4 is 0 Å². The molecule has 0 saturated carbocycles. The molecule has 0 spiro atoms. The van der Waals surface area contributed by atoms with Gasteiger partial charge in [-0.25, -0.2) is 9.78 Å². The molecule has 2 nitrogen and oxygen atoms in total. The number of hydrogen-bond donors (Lipinski definition) is 0. The van der Waals surface area contributed by atoms with Gasteiger partial charge in [0.1, 0.15) is 0 Å². The fraction of sp³-hybridized carbons (Fsp3) is 0.833. The van der Waals surface area contributed by atoms with Gasteiger partial charge in [0.2, 0.25) is 0 Å². The molecular formula is C12H22O2. The molecular weight excluding hydrogens is 176 g/mol. The van der Waals surface area contributed by atoms with E-state index in [9.17, 15) is 0 Å². The summed E-state index contributed by atoms with van der Waals surface area (Å²) in [5.41, 5.74) is -0.196. The van der Waals surface area contributed by atoms with Crippen LogP contribution in [0, 0.1) is 0 Å². The van der Waals surface area contributed by atoms with Crippen LogP contribution >= 0.6 is 0 Å². The first-order valence-corrected chi connectivity index (χ1v) is 5.57. The van der Waals surface area contributed by atoms with Crippen molar-refractivity contribution in [2.75, 3.05) is 0 Å². The highest BCUT2D eigenvalue weighted by Gasteiger charge is 2.16. The topological polar surface area (TPSA) is 18.5 Å². The van der Waals surface area contributed by atoms with Gasteiger partial charge in [0.15, 0.2) is 0 Å². The van der Waals surface area contributed by atoms with Crippen LogP contribution in [0.1, 0.15) is 52.9 Å². The van der Waals surface area contributed by atoms with Crippen molar-refractivity contribution in [2.24, 2.45) is 0 Å². The summed E-state index contributed by atoms with van der Waals surface area (Å²) < 4.78 is 0. The molecule has 1 unspecified atom stereocenters. The van der Waals surface area contributed by atoms with Gasteiger partial charge in [-0.3, -0.25) is 0 Å². The van der Waals surface area contributed by atoms with E-state index in [4.69, 9.17) is 9.78 Å². The van der Waals surface area contributed by atoms with Crippen molar-refractivity contribution in [3.05, 3.63) is 12.2 Å². The SMILES string of the molecule is CC(C)(C)OOC1CC/C=C/CCC1. The lowest BCUT2D eigenvalue weighted by Gasteiger charge is -2.23. The quantitative estimate of drug-likeness (QED) is 0.383. The van der Waals surface area contributed by atoms with Crippen LogP contribution in [0.25, 0.3) is 0 Å². The van der Waals surface area contributed by atoms with E-state index in [0.29, 0.717) is 0 Å². The highest BCUT2D eigenvalue weighted by Crippen LogP contribution is 2.18. The summed E-state index contributed by atoms with van der Waals surface area (Å²) in [7, 11) is 0. The first-order chi connectivity index (χ1) is 6.58. The third-order valence-corrected chi connectivity index (χ3v) is 2.15. The summed E-state index contributed by atoms with van der Waals surface area (Å²) in [5, 5.41) is 0. The van der Waals surface area contributed by atoms with Crippen molar-refractivity contribution in [1.82, 2.24) is 0 Å². The van der Waals surface area contributed by atoms with Crippen molar-refractivity contribution in [1.29, 1.82) is 0 Å². The lowest BCUT2D eigenvalue weighted by molar-refractivity contribution is -0.374. The first kappa shape index (κ1) is 11.7. The molecule has 1 atom stereocenters. The summed E-state index contributed by atoms with van der Waals surface area (Å²) >= 11 is 0. The van der Waals surface area contributed by atoms with Crippen LogP contribution in [-0.2, 0) is 9.78 Å². The first-order valence-electron chi connectivity index (χ1n) is 5.57. The van der Waals surface area contributed by atoms with E-state index in [0.717, 1.165) is 19.3 Å². The summed E-state index contributed by atoms with van der Waals surface area (Å²) in [6.07, 6.45) is 10.5. The zero-order chi connectivity index (χ0) is 10.4. The molecule has 82 valence electrons. The Balaban J connectivity index is 2.25. The van der Waals surface area contributed by atoms with E-state index < -0.39 is 0 Å². The number of hydrogen-bond acceptors (Lipinski definition) is 2. The maximum Gasteiger partial charge on any atom is 0.0952 e.